The van der Waals surface area contributed by atoms with Gasteiger partial charge in [-0.25, -0.2) is 13.6 Å². The predicted octanol–water partition coefficient (Wildman–Crippen LogP) is 1.57. The number of ether oxygens (including phenoxy) is 1. The molecule has 6 nitrogen and oxygen atoms in total. The van der Waals surface area contributed by atoms with Crippen LogP contribution in [-0.2, 0) is 9.53 Å². The molecule has 0 saturated heterocycles. The Morgan fingerprint density at radius 2 is 1.95 bits per heavy atom. The highest BCUT2D eigenvalue weighted by Gasteiger charge is 2.18. The van der Waals surface area contributed by atoms with Crippen molar-refractivity contribution in [1.82, 2.24) is 5.32 Å². The molecule has 0 aliphatic heterocycles. The number of para-hydroxylation sites is 1. The fraction of sp³-hybridized carbons (Fsp3) is 0.385. The highest BCUT2D eigenvalue weighted by molar-refractivity contribution is 5.96. The fourth-order valence-corrected chi connectivity index (χ4v) is 1.52. The summed E-state index contributed by atoms with van der Waals surface area (Å²) in [5.74, 6) is -1.16. The Hall–Kier alpha value is -2.22. The summed E-state index contributed by atoms with van der Waals surface area (Å²) in [7, 11) is 0. The van der Waals surface area contributed by atoms with Crippen LogP contribution in [0.1, 0.15) is 0 Å². The first-order chi connectivity index (χ1) is 10.0. The van der Waals surface area contributed by atoms with Gasteiger partial charge in [-0.3, -0.25) is 9.69 Å². The van der Waals surface area contributed by atoms with Gasteiger partial charge in [0.15, 0.2) is 0 Å². The maximum absolute atomic E-state index is 11.9. The number of halogens is 2. The van der Waals surface area contributed by atoms with Crippen LogP contribution in [0.3, 0.4) is 0 Å². The monoisotopic (exact) mass is 302 g/mol. The molecule has 0 saturated carbocycles. The summed E-state index contributed by atoms with van der Waals surface area (Å²) >= 11 is 0. The number of aliphatic carboxylic acids is 1. The average molecular weight is 302 g/mol. The Balaban J connectivity index is 2.51. The molecule has 1 aromatic rings. The van der Waals surface area contributed by atoms with Gasteiger partial charge in [0.1, 0.15) is 13.2 Å². The molecule has 2 N–H and O–H groups in total. The Morgan fingerprint density at radius 3 is 2.52 bits per heavy atom. The van der Waals surface area contributed by atoms with Crippen molar-refractivity contribution in [1.29, 1.82) is 0 Å². The van der Waals surface area contributed by atoms with E-state index in [1.54, 1.807) is 30.3 Å². The van der Waals surface area contributed by atoms with Crippen molar-refractivity contribution in [2.75, 3.05) is 31.2 Å². The van der Waals surface area contributed by atoms with Crippen molar-refractivity contribution in [2.24, 2.45) is 0 Å². The van der Waals surface area contributed by atoms with Crippen LogP contribution in [-0.4, -0.2) is 49.8 Å². The lowest BCUT2D eigenvalue weighted by Crippen LogP contribution is -2.44. The SMILES string of the molecule is O=C(O)CN(C(=O)NCCOCC(F)F)c1ccccc1. The van der Waals surface area contributed by atoms with Crippen molar-refractivity contribution in [3.8, 4) is 0 Å². The van der Waals surface area contributed by atoms with Crippen molar-refractivity contribution >= 4 is 17.7 Å². The molecule has 1 aromatic carbocycles. The van der Waals surface area contributed by atoms with E-state index in [9.17, 15) is 18.4 Å². The smallest absolute Gasteiger partial charge is 0.323 e. The molecule has 0 unspecified atom stereocenters. The number of carbonyl (C=O) groups is 2. The maximum atomic E-state index is 11.9. The number of nitrogens with zero attached hydrogens (tertiary/aromatic N) is 1. The normalized spacial score (nSPS) is 10.4. The highest BCUT2D eigenvalue weighted by atomic mass is 19.3. The second-order valence-corrected chi connectivity index (χ2v) is 4.01. The standard InChI is InChI=1S/C13H16F2N2O4/c14-11(15)9-21-7-6-16-13(20)17(8-12(18)19)10-4-2-1-3-5-10/h1-5,11H,6-9H2,(H,16,20)(H,18,19). The number of hydrogen-bond acceptors (Lipinski definition) is 3. The van der Waals surface area contributed by atoms with Crippen molar-refractivity contribution < 1.29 is 28.2 Å². The molecule has 0 aromatic heterocycles. The number of alkyl halides is 2. The third-order valence-electron chi connectivity index (χ3n) is 2.37. The first kappa shape index (κ1) is 16.8. The zero-order chi connectivity index (χ0) is 15.7. The van der Waals surface area contributed by atoms with Gasteiger partial charge in [-0.2, -0.15) is 0 Å². The second-order valence-electron chi connectivity index (χ2n) is 4.01. The van der Waals surface area contributed by atoms with Gasteiger partial charge in [0.05, 0.1) is 6.61 Å². The number of nitrogens with one attached hydrogen (secondary N) is 1. The number of anilines is 1. The summed E-state index contributed by atoms with van der Waals surface area (Å²) in [6.07, 6.45) is -2.56. The van der Waals surface area contributed by atoms with Gasteiger partial charge in [0, 0.05) is 12.2 Å². The van der Waals surface area contributed by atoms with Crippen molar-refractivity contribution in [3.05, 3.63) is 30.3 Å². The summed E-state index contributed by atoms with van der Waals surface area (Å²) < 4.78 is 28.3. The lowest BCUT2D eigenvalue weighted by Gasteiger charge is -2.21. The second kappa shape index (κ2) is 8.85. The van der Waals surface area contributed by atoms with Crippen LogP contribution in [0.5, 0.6) is 0 Å². The quantitative estimate of drug-likeness (QED) is 0.714. The molecular formula is C13H16F2N2O4. The summed E-state index contributed by atoms with van der Waals surface area (Å²) in [5.41, 5.74) is 0.422. The van der Waals surface area contributed by atoms with Crippen LogP contribution in [0.4, 0.5) is 19.3 Å². The zero-order valence-electron chi connectivity index (χ0n) is 11.2. The van der Waals surface area contributed by atoms with E-state index in [0.717, 1.165) is 4.90 Å². The summed E-state index contributed by atoms with van der Waals surface area (Å²) in [6.45, 7) is -1.28. The van der Waals surface area contributed by atoms with Crippen molar-refractivity contribution in [2.45, 2.75) is 6.43 Å². The molecule has 0 aliphatic carbocycles. The number of urea groups is 1. The number of carbonyl (C=O) groups excluding carboxylic acids is 1. The van der Waals surface area contributed by atoms with Crippen LogP contribution < -0.4 is 10.2 Å². The van der Waals surface area contributed by atoms with Crippen LogP contribution >= 0.6 is 0 Å². The van der Waals surface area contributed by atoms with Gasteiger partial charge >= 0.3 is 12.0 Å². The van der Waals surface area contributed by atoms with E-state index in [2.05, 4.69) is 10.1 Å². The first-order valence-corrected chi connectivity index (χ1v) is 6.19. The Labute approximate surface area is 120 Å². The number of hydrogen-bond donors (Lipinski definition) is 2. The van der Waals surface area contributed by atoms with Gasteiger partial charge in [-0.15, -0.1) is 0 Å². The molecule has 0 atom stereocenters. The van der Waals surface area contributed by atoms with Gasteiger partial charge in [0.25, 0.3) is 6.43 Å². The minimum atomic E-state index is -2.56. The Morgan fingerprint density at radius 1 is 1.29 bits per heavy atom. The topological polar surface area (TPSA) is 78.9 Å². The molecule has 0 radical (unpaired) electrons. The largest absolute Gasteiger partial charge is 0.480 e. The molecule has 0 aliphatic rings. The van der Waals surface area contributed by atoms with Crippen LogP contribution in [0, 0.1) is 0 Å². The van der Waals surface area contributed by atoms with E-state index in [1.165, 1.54) is 0 Å². The number of rotatable bonds is 8. The molecule has 8 heteroatoms. The predicted molar refractivity (Wildman–Crippen MR) is 71.6 cm³/mol. The third kappa shape index (κ3) is 6.66. The van der Waals surface area contributed by atoms with Gasteiger partial charge in [-0.05, 0) is 12.1 Å². The minimum absolute atomic E-state index is 0.00844. The van der Waals surface area contributed by atoms with E-state index >= 15 is 0 Å². The van der Waals surface area contributed by atoms with Crippen LogP contribution in [0.2, 0.25) is 0 Å². The molecule has 116 valence electrons. The number of amides is 2. The van der Waals surface area contributed by atoms with Crippen LogP contribution in [0.25, 0.3) is 0 Å². The van der Waals surface area contributed by atoms with E-state index in [0.29, 0.717) is 5.69 Å². The summed E-state index contributed by atoms with van der Waals surface area (Å²) in [5, 5.41) is 11.2. The van der Waals surface area contributed by atoms with Gasteiger partial charge < -0.3 is 15.2 Å². The molecule has 0 spiro atoms. The average Bonchev–Trinajstić information content (AvgIpc) is 2.44. The van der Waals surface area contributed by atoms with Crippen LogP contribution in [0.15, 0.2) is 30.3 Å². The third-order valence-corrected chi connectivity index (χ3v) is 2.37. The number of carboxylic acids is 1. The summed E-state index contributed by atoms with van der Waals surface area (Å²) in [6, 6.07) is 7.63. The number of carboxylic acid groups (broad SMARTS) is 1. The molecule has 21 heavy (non-hydrogen) atoms. The minimum Gasteiger partial charge on any atom is -0.480 e. The van der Waals surface area contributed by atoms with E-state index in [4.69, 9.17) is 5.11 Å². The number of benzene rings is 1. The Bertz CT molecular complexity index is 457. The Kier molecular flexibility index (Phi) is 7.10. The van der Waals surface area contributed by atoms with Crippen molar-refractivity contribution in [3.63, 3.8) is 0 Å². The highest BCUT2D eigenvalue weighted by Crippen LogP contribution is 2.12. The zero-order valence-corrected chi connectivity index (χ0v) is 11.2. The lowest BCUT2D eigenvalue weighted by molar-refractivity contribution is -0.135. The van der Waals surface area contributed by atoms with Gasteiger partial charge in [-0.1, -0.05) is 18.2 Å². The maximum Gasteiger partial charge on any atom is 0.323 e. The molecule has 0 fully saturated rings. The van der Waals surface area contributed by atoms with E-state index in [1.807, 2.05) is 0 Å². The van der Waals surface area contributed by atoms with E-state index in [-0.39, 0.29) is 13.2 Å². The van der Waals surface area contributed by atoms with Gasteiger partial charge in [0.2, 0.25) is 0 Å². The molecule has 1 rings (SSSR count). The molecule has 0 heterocycles. The molecular weight excluding hydrogens is 286 g/mol. The molecule has 2 amide bonds. The lowest BCUT2D eigenvalue weighted by atomic mass is 10.3. The molecule has 0 bridgehead atoms. The van der Waals surface area contributed by atoms with E-state index < -0.39 is 31.6 Å². The summed E-state index contributed by atoms with van der Waals surface area (Å²) in [4.78, 5) is 23.8. The first-order valence-electron chi connectivity index (χ1n) is 6.19. The fourth-order valence-electron chi connectivity index (χ4n) is 1.52.